The van der Waals surface area contributed by atoms with Crippen molar-refractivity contribution in [2.75, 3.05) is 0 Å². The first kappa shape index (κ1) is 14.3. The zero-order valence-corrected chi connectivity index (χ0v) is 12.7. The number of aryl methyl sites for hydroxylation is 2. The lowest BCUT2D eigenvalue weighted by Gasteiger charge is -2.03. The van der Waals surface area contributed by atoms with Gasteiger partial charge in [0.1, 0.15) is 16.6 Å². The van der Waals surface area contributed by atoms with Crippen LogP contribution in [0.15, 0.2) is 16.6 Å². The second-order valence-corrected chi connectivity index (χ2v) is 6.30. The Hall–Kier alpha value is -1.14. The maximum absolute atomic E-state index is 13.6. The first-order valence-electron chi connectivity index (χ1n) is 5.49. The molecular weight excluding hydrogens is 336 g/mol. The third kappa shape index (κ3) is 3.06. The van der Waals surface area contributed by atoms with E-state index in [0.717, 1.165) is 22.7 Å². The SMILES string of the molecule is Cc1nc(CC(=O)c2c(F)cc(Br)cc2F)sc1C. The summed E-state index contributed by atoms with van der Waals surface area (Å²) in [7, 11) is 0. The van der Waals surface area contributed by atoms with Crippen molar-refractivity contribution >= 4 is 33.0 Å². The molecule has 0 spiro atoms. The first-order chi connectivity index (χ1) is 8.88. The molecule has 0 aliphatic carbocycles. The second-order valence-electron chi connectivity index (χ2n) is 4.09. The summed E-state index contributed by atoms with van der Waals surface area (Å²) in [5, 5.41) is 0.571. The fraction of sp³-hybridized carbons (Fsp3) is 0.231. The number of carbonyl (C=O) groups is 1. The summed E-state index contributed by atoms with van der Waals surface area (Å²) in [4.78, 5) is 17.2. The third-order valence-electron chi connectivity index (χ3n) is 2.67. The molecule has 1 heterocycles. The van der Waals surface area contributed by atoms with E-state index in [0.29, 0.717) is 5.01 Å². The van der Waals surface area contributed by atoms with Gasteiger partial charge in [0.25, 0.3) is 0 Å². The van der Waals surface area contributed by atoms with Crippen LogP contribution in [0, 0.1) is 25.5 Å². The van der Waals surface area contributed by atoms with Gasteiger partial charge < -0.3 is 0 Å². The molecule has 0 fully saturated rings. The molecule has 0 unspecified atom stereocenters. The van der Waals surface area contributed by atoms with Crippen molar-refractivity contribution in [3.63, 3.8) is 0 Å². The minimum atomic E-state index is -0.859. The molecule has 0 saturated heterocycles. The molecule has 0 aliphatic heterocycles. The van der Waals surface area contributed by atoms with Gasteiger partial charge in [-0.1, -0.05) is 15.9 Å². The molecule has 0 saturated carbocycles. The molecule has 2 aromatic rings. The molecule has 2 nitrogen and oxygen atoms in total. The number of ketones is 1. The maximum atomic E-state index is 13.6. The van der Waals surface area contributed by atoms with Gasteiger partial charge in [-0.2, -0.15) is 0 Å². The summed E-state index contributed by atoms with van der Waals surface area (Å²) in [5.74, 6) is -2.32. The monoisotopic (exact) mass is 345 g/mol. The molecule has 0 amide bonds. The molecule has 0 aliphatic rings. The Morgan fingerprint density at radius 3 is 2.37 bits per heavy atom. The first-order valence-corrected chi connectivity index (χ1v) is 7.10. The number of hydrogen-bond acceptors (Lipinski definition) is 3. The Morgan fingerprint density at radius 2 is 1.89 bits per heavy atom. The highest BCUT2D eigenvalue weighted by Crippen LogP contribution is 2.23. The van der Waals surface area contributed by atoms with Crippen LogP contribution >= 0.6 is 27.3 Å². The summed E-state index contributed by atoms with van der Waals surface area (Å²) in [5.41, 5.74) is 0.332. The molecule has 100 valence electrons. The fourth-order valence-corrected chi connectivity index (χ4v) is 2.98. The molecule has 0 radical (unpaired) electrons. The zero-order valence-electron chi connectivity index (χ0n) is 10.3. The van der Waals surface area contributed by atoms with Crippen LogP contribution in [0.5, 0.6) is 0 Å². The largest absolute Gasteiger partial charge is 0.293 e. The molecule has 2 rings (SSSR count). The highest BCUT2D eigenvalue weighted by molar-refractivity contribution is 9.10. The summed E-state index contributed by atoms with van der Waals surface area (Å²) >= 11 is 4.34. The van der Waals surface area contributed by atoms with Crippen LogP contribution in [0.3, 0.4) is 0 Å². The highest BCUT2D eigenvalue weighted by Gasteiger charge is 2.20. The minimum Gasteiger partial charge on any atom is -0.293 e. The number of nitrogens with zero attached hydrogens (tertiary/aromatic N) is 1. The predicted molar refractivity (Wildman–Crippen MR) is 73.7 cm³/mol. The molecule has 1 aromatic carbocycles. The van der Waals surface area contributed by atoms with E-state index in [4.69, 9.17) is 0 Å². The maximum Gasteiger partial charge on any atom is 0.175 e. The quantitative estimate of drug-likeness (QED) is 0.779. The van der Waals surface area contributed by atoms with Gasteiger partial charge in [0, 0.05) is 9.35 Å². The van der Waals surface area contributed by atoms with E-state index in [1.54, 1.807) is 0 Å². The molecule has 0 bridgehead atoms. The molecule has 1 aromatic heterocycles. The van der Waals surface area contributed by atoms with Gasteiger partial charge in [0.15, 0.2) is 5.78 Å². The number of benzene rings is 1. The van der Waals surface area contributed by atoms with E-state index < -0.39 is 23.0 Å². The van der Waals surface area contributed by atoms with Crippen molar-refractivity contribution in [3.05, 3.63) is 49.4 Å². The van der Waals surface area contributed by atoms with Crippen LogP contribution in [0.2, 0.25) is 0 Å². The Kier molecular flexibility index (Phi) is 4.10. The summed E-state index contributed by atoms with van der Waals surface area (Å²) in [6, 6.07) is 2.16. The number of hydrogen-bond donors (Lipinski definition) is 0. The highest BCUT2D eigenvalue weighted by atomic mass is 79.9. The molecule has 6 heteroatoms. The van der Waals surface area contributed by atoms with Gasteiger partial charge in [-0.3, -0.25) is 4.79 Å². The lowest BCUT2D eigenvalue weighted by atomic mass is 10.1. The van der Waals surface area contributed by atoms with Gasteiger partial charge in [0.05, 0.1) is 17.7 Å². The second kappa shape index (κ2) is 5.46. The van der Waals surface area contributed by atoms with E-state index in [2.05, 4.69) is 20.9 Å². The Balaban J connectivity index is 2.30. The number of rotatable bonds is 3. The number of aromatic nitrogens is 1. The van der Waals surface area contributed by atoms with Crippen LogP contribution < -0.4 is 0 Å². The van der Waals surface area contributed by atoms with Crippen LogP contribution in [-0.4, -0.2) is 10.8 Å². The Labute approximate surface area is 121 Å². The summed E-state index contributed by atoms with van der Waals surface area (Å²) in [6.07, 6.45) is -0.0885. The average molecular weight is 346 g/mol. The minimum absolute atomic E-state index is 0.0885. The van der Waals surface area contributed by atoms with Gasteiger partial charge in [0.2, 0.25) is 0 Å². The fourth-order valence-electron chi connectivity index (χ4n) is 1.65. The van der Waals surface area contributed by atoms with Gasteiger partial charge >= 0.3 is 0 Å². The zero-order chi connectivity index (χ0) is 14.2. The smallest absolute Gasteiger partial charge is 0.175 e. The molecular formula is C13H10BrF2NOS. The van der Waals surface area contributed by atoms with E-state index in [9.17, 15) is 13.6 Å². The van der Waals surface area contributed by atoms with Crippen LogP contribution in [0.4, 0.5) is 8.78 Å². The van der Waals surface area contributed by atoms with Crippen molar-refractivity contribution in [2.24, 2.45) is 0 Å². The number of carbonyl (C=O) groups excluding carboxylic acids is 1. The lowest BCUT2D eigenvalue weighted by Crippen LogP contribution is -2.09. The van der Waals surface area contributed by atoms with Crippen molar-refractivity contribution in [1.82, 2.24) is 4.98 Å². The van der Waals surface area contributed by atoms with Gasteiger partial charge in [-0.05, 0) is 26.0 Å². The predicted octanol–water partition coefficient (Wildman–Crippen LogP) is 4.23. The Morgan fingerprint density at radius 1 is 1.32 bits per heavy atom. The summed E-state index contributed by atoms with van der Waals surface area (Å²) < 4.78 is 27.5. The average Bonchev–Trinajstić information content (AvgIpc) is 2.55. The number of thiazole rings is 1. The third-order valence-corrected chi connectivity index (χ3v) is 4.20. The lowest BCUT2D eigenvalue weighted by molar-refractivity contribution is 0.0985. The van der Waals surface area contributed by atoms with Crippen LogP contribution in [0.1, 0.15) is 25.9 Å². The topological polar surface area (TPSA) is 30.0 Å². The normalized spacial score (nSPS) is 10.8. The van der Waals surface area contributed by atoms with E-state index in [-0.39, 0.29) is 10.9 Å². The number of halogens is 3. The van der Waals surface area contributed by atoms with E-state index in [1.807, 2.05) is 13.8 Å². The van der Waals surface area contributed by atoms with Crippen molar-refractivity contribution in [3.8, 4) is 0 Å². The molecule has 0 N–H and O–H groups in total. The molecule has 19 heavy (non-hydrogen) atoms. The Bertz CT molecular complexity index is 612. The van der Waals surface area contributed by atoms with Crippen LogP contribution in [0.25, 0.3) is 0 Å². The summed E-state index contributed by atoms with van der Waals surface area (Å²) in [6.45, 7) is 3.72. The van der Waals surface area contributed by atoms with E-state index in [1.165, 1.54) is 11.3 Å². The van der Waals surface area contributed by atoms with Crippen molar-refractivity contribution in [2.45, 2.75) is 20.3 Å². The van der Waals surface area contributed by atoms with E-state index >= 15 is 0 Å². The van der Waals surface area contributed by atoms with Crippen molar-refractivity contribution in [1.29, 1.82) is 0 Å². The standard InChI is InChI=1S/C13H10BrF2NOS/c1-6-7(2)19-12(17-6)5-11(18)13-9(15)3-8(14)4-10(13)16/h3-4H,5H2,1-2H3. The molecule has 0 atom stereocenters. The van der Waals surface area contributed by atoms with Crippen LogP contribution in [-0.2, 0) is 6.42 Å². The van der Waals surface area contributed by atoms with Crippen molar-refractivity contribution < 1.29 is 13.6 Å². The van der Waals surface area contributed by atoms with Gasteiger partial charge in [-0.25, -0.2) is 13.8 Å². The number of Topliss-reactive ketones (excluding diaryl/α,β-unsaturated/α-hetero) is 1. The van der Waals surface area contributed by atoms with Gasteiger partial charge in [-0.15, -0.1) is 11.3 Å².